The summed E-state index contributed by atoms with van der Waals surface area (Å²) in [5, 5.41) is 8.97. The maximum Gasteiger partial charge on any atom is 0.305 e. The highest BCUT2D eigenvalue weighted by molar-refractivity contribution is 5.94. The number of nitrogens with one attached hydrogen (secondary N) is 1. The fraction of sp³-hybridized carbons (Fsp3) is 0.562. The van der Waals surface area contributed by atoms with Crippen molar-refractivity contribution in [3.05, 3.63) is 33.7 Å². The molecular formula is C16H22N2O5. The fourth-order valence-electron chi connectivity index (χ4n) is 2.73. The maximum atomic E-state index is 12.7. The zero-order valence-electron chi connectivity index (χ0n) is 13.4. The summed E-state index contributed by atoms with van der Waals surface area (Å²) < 4.78 is 5.27. The number of amides is 1. The first-order valence-electron chi connectivity index (χ1n) is 7.70. The molecule has 0 spiro atoms. The highest BCUT2D eigenvalue weighted by Gasteiger charge is 2.30. The minimum Gasteiger partial charge on any atom is -0.481 e. The number of H-pyrrole nitrogens is 1. The van der Waals surface area contributed by atoms with E-state index in [1.54, 1.807) is 6.07 Å². The monoisotopic (exact) mass is 322 g/mol. The Bertz CT molecular complexity index is 638. The first-order chi connectivity index (χ1) is 10.9. The van der Waals surface area contributed by atoms with Gasteiger partial charge in [0.1, 0.15) is 0 Å². The van der Waals surface area contributed by atoms with Crippen LogP contribution in [-0.4, -0.2) is 52.7 Å². The van der Waals surface area contributed by atoms with Gasteiger partial charge >= 0.3 is 5.97 Å². The van der Waals surface area contributed by atoms with E-state index in [1.807, 2.05) is 13.8 Å². The van der Waals surface area contributed by atoms with E-state index < -0.39 is 12.0 Å². The summed E-state index contributed by atoms with van der Waals surface area (Å²) in [7, 11) is 0. The van der Waals surface area contributed by atoms with Gasteiger partial charge in [-0.15, -0.1) is 0 Å². The number of nitrogens with zero attached hydrogens (tertiary/aromatic N) is 1. The molecule has 0 bridgehead atoms. The average Bonchev–Trinajstić information content (AvgIpc) is 2.45. The van der Waals surface area contributed by atoms with Gasteiger partial charge in [-0.3, -0.25) is 14.4 Å². The molecular weight excluding hydrogens is 300 g/mol. The fourth-order valence-corrected chi connectivity index (χ4v) is 2.73. The Kier molecular flexibility index (Phi) is 5.54. The third-order valence-electron chi connectivity index (χ3n) is 3.67. The van der Waals surface area contributed by atoms with Gasteiger partial charge in [0.05, 0.1) is 25.7 Å². The molecule has 2 rings (SSSR count). The summed E-state index contributed by atoms with van der Waals surface area (Å²) in [5.41, 5.74) is 0.676. The van der Waals surface area contributed by atoms with Gasteiger partial charge in [0.2, 0.25) is 5.56 Å². The predicted octanol–water partition coefficient (Wildman–Crippen LogP) is 0.889. The zero-order chi connectivity index (χ0) is 17.0. The molecule has 7 heteroatoms. The Morgan fingerprint density at radius 1 is 1.43 bits per heavy atom. The summed E-state index contributed by atoms with van der Waals surface area (Å²) in [4.78, 5) is 39.7. The number of ether oxygens (including phenoxy) is 1. The number of hydrogen-bond acceptors (Lipinski definition) is 4. The van der Waals surface area contributed by atoms with Crippen LogP contribution in [0.25, 0.3) is 0 Å². The van der Waals surface area contributed by atoms with Crippen molar-refractivity contribution in [2.24, 2.45) is 5.92 Å². The molecule has 0 aromatic carbocycles. The molecule has 0 saturated carbocycles. The molecule has 23 heavy (non-hydrogen) atoms. The number of carboxylic acid groups (broad SMARTS) is 1. The smallest absolute Gasteiger partial charge is 0.305 e. The third kappa shape index (κ3) is 4.66. The third-order valence-corrected chi connectivity index (χ3v) is 3.67. The van der Waals surface area contributed by atoms with Gasteiger partial charge in [-0.2, -0.15) is 0 Å². The second-order valence-electron chi connectivity index (χ2n) is 6.18. The topological polar surface area (TPSA) is 99.7 Å². The normalized spacial score (nSPS) is 18.2. The average molecular weight is 322 g/mol. The second kappa shape index (κ2) is 7.41. The number of aliphatic carboxylic acids is 1. The van der Waals surface area contributed by atoms with E-state index >= 15 is 0 Å². The summed E-state index contributed by atoms with van der Waals surface area (Å²) in [5.74, 6) is -0.959. The van der Waals surface area contributed by atoms with Crippen LogP contribution < -0.4 is 5.56 Å². The van der Waals surface area contributed by atoms with Crippen LogP contribution >= 0.6 is 0 Å². The Labute approximate surface area is 134 Å². The molecule has 0 aliphatic carbocycles. The van der Waals surface area contributed by atoms with Crippen LogP contribution in [0.4, 0.5) is 0 Å². The lowest BCUT2D eigenvalue weighted by Crippen LogP contribution is -2.49. The minimum atomic E-state index is -0.982. The number of aromatic nitrogens is 1. The van der Waals surface area contributed by atoms with Gasteiger partial charge < -0.3 is 19.7 Å². The van der Waals surface area contributed by atoms with Crippen LogP contribution in [0.15, 0.2) is 16.9 Å². The van der Waals surface area contributed by atoms with Gasteiger partial charge in [0, 0.05) is 23.9 Å². The maximum absolute atomic E-state index is 12.7. The van der Waals surface area contributed by atoms with E-state index in [4.69, 9.17) is 9.84 Å². The Morgan fingerprint density at radius 3 is 2.83 bits per heavy atom. The van der Waals surface area contributed by atoms with Crippen LogP contribution in [0, 0.1) is 5.92 Å². The lowest BCUT2D eigenvalue weighted by molar-refractivity contribution is -0.139. The molecule has 0 radical (unpaired) electrons. The highest BCUT2D eigenvalue weighted by Crippen LogP contribution is 2.15. The number of carbonyl (C=O) groups excluding carboxylic acids is 1. The molecule has 1 fully saturated rings. The molecule has 7 nitrogen and oxygen atoms in total. The van der Waals surface area contributed by atoms with Crippen molar-refractivity contribution in [1.82, 2.24) is 9.88 Å². The molecule has 1 aliphatic heterocycles. The van der Waals surface area contributed by atoms with E-state index in [2.05, 4.69) is 4.98 Å². The Morgan fingerprint density at radius 2 is 2.17 bits per heavy atom. The molecule has 2 heterocycles. The summed E-state index contributed by atoms with van der Waals surface area (Å²) >= 11 is 0. The first-order valence-corrected chi connectivity index (χ1v) is 7.70. The lowest BCUT2D eigenvalue weighted by atomic mass is 10.0. The van der Waals surface area contributed by atoms with Crippen molar-refractivity contribution in [2.75, 3.05) is 19.8 Å². The molecule has 1 unspecified atom stereocenters. The van der Waals surface area contributed by atoms with Gasteiger partial charge in [-0.1, -0.05) is 13.8 Å². The number of carboxylic acids is 1. The van der Waals surface area contributed by atoms with Gasteiger partial charge in [-0.05, 0) is 18.4 Å². The SMILES string of the molecule is CC(C)Cc1cc(C(=O)N2CCOCC2CC(=O)O)cc(=O)[nH]1. The highest BCUT2D eigenvalue weighted by atomic mass is 16.5. The Hall–Kier alpha value is -2.15. The van der Waals surface area contributed by atoms with Crippen molar-refractivity contribution in [2.45, 2.75) is 32.7 Å². The zero-order valence-corrected chi connectivity index (χ0v) is 13.4. The molecule has 1 aromatic rings. The molecule has 1 amide bonds. The molecule has 126 valence electrons. The van der Waals surface area contributed by atoms with Gasteiger partial charge in [-0.25, -0.2) is 0 Å². The van der Waals surface area contributed by atoms with Crippen LogP contribution in [0.5, 0.6) is 0 Å². The molecule has 1 atom stereocenters. The number of hydrogen-bond donors (Lipinski definition) is 2. The van der Waals surface area contributed by atoms with Gasteiger partial charge in [0.15, 0.2) is 0 Å². The van der Waals surface area contributed by atoms with Crippen LogP contribution in [-0.2, 0) is 16.0 Å². The van der Waals surface area contributed by atoms with Crippen molar-refractivity contribution in [3.8, 4) is 0 Å². The summed E-state index contributed by atoms with van der Waals surface area (Å²) in [6.07, 6.45) is 0.492. The lowest BCUT2D eigenvalue weighted by Gasteiger charge is -2.34. The van der Waals surface area contributed by atoms with Crippen molar-refractivity contribution < 1.29 is 19.4 Å². The van der Waals surface area contributed by atoms with E-state index in [9.17, 15) is 14.4 Å². The number of pyridine rings is 1. The molecule has 1 saturated heterocycles. The summed E-state index contributed by atoms with van der Waals surface area (Å²) in [6, 6.07) is 2.43. The number of morpholine rings is 1. The number of aromatic amines is 1. The van der Waals surface area contributed by atoms with E-state index in [-0.39, 0.29) is 24.5 Å². The van der Waals surface area contributed by atoms with Crippen molar-refractivity contribution >= 4 is 11.9 Å². The summed E-state index contributed by atoms with van der Waals surface area (Å²) in [6.45, 7) is 4.93. The molecule has 1 aliphatic rings. The van der Waals surface area contributed by atoms with E-state index in [1.165, 1.54) is 11.0 Å². The van der Waals surface area contributed by atoms with Crippen molar-refractivity contribution in [1.29, 1.82) is 0 Å². The molecule has 2 N–H and O–H groups in total. The van der Waals surface area contributed by atoms with E-state index in [0.717, 1.165) is 0 Å². The quantitative estimate of drug-likeness (QED) is 0.838. The van der Waals surface area contributed by atoms with Crippen LogP contribution in [0.2, 0.25) is 0 Å². The first kappa shape index (κ1) is 17.2. The number of rotatable bonds is 5. The number of carbonyl (C=O) groups is 2. The molecule has 1 aromatic heterocycles. The minimum absolute atomic E-state index is 0.173. The van der Waals surface area contributed by atoms with Crippen molar-refractivity contribution in [3.63, 3.8) is 0 Å². The van der Waals surface area contributed by atoms with E-state index in [0.29, 0.717) is 36.7 Å². The second-order valence-corrected chi connectivity index (χ2v) is 6.18. The Balaban J connectivity index is 2.25. The largest absolute Gasteiger partial charge is 0.481 e. The van der Waals surface area contributed by atoms with Crippen LogP contribution in [0.1, 0.15) is 36.3 Å². The van der Waals surface area contributed by atoms with Crippen LogP contribution in [0.3, 0.4) is 0 Å². The standard InChI is InChI=1S/C16H22N2O5/c1-10(2)5-12-6-11(7-14(19)17-12)16(22)18-3-4-23-9-13(18)8-15(20)21/h6-7,10,13H,3-5,8-9H2,1-2H3,(H,17,19)(H,20,21). The van der Waals surface area contributed by atoms with Gasteiger partial charge in [0.25, 0.3) is 5.91 Å². The predicted molar refractivity (Wildman–Crippen MR) is 83.5 cm³/mol.